The molecule has 2 nitrogen and oxygen atoms in total. The van der Waals surface area contributed by atoms with Crippen LogP contribution >= 0.6 is 11.3 Å². The number of aliphatic hydroxyl groups is 1. The van der Waals surface area contributed by atoms with Gasteiger partial charge in [-0.05, 0) is 20.3 Å². The third kappa shape index (κ3) is 2.94. The summed E-state index contributed by atoms with van der Waals surface area (Å²) >= 11 is 1.60. The highest BCUT2D eigenvalue weighted by atomic mass is 32.1. The monoisotopic (exact) mass is 197 g/mol. The number of aryl methyl sites for hydroxylation is 1. The van der Waals surface area contributed by atoms with Gasteiger partial charge in [-0.3, -0.25) is 0 Å². The molecule has 0 aliphatic rings. The lowest BCUT2D eigenvalue weighted by atomic mass is 10.2. The number of aliphatic hydroxyl groups excluding tert-OH is 1. The van der Waals surface area contributed by atoms with Gasteiger partial charge >= 0.3 is 0 Å². The van der Waals surface area contributed by atoms with E-state index in [2.05, 4.69) is 11.9 Å². The molecular weight excluding hydrogens is 182 g/mol. The Labute approximate surface area is 83.0 Å². The minimum Gasteiger partial charge on any atom is -0.383 e. The molecule has 0 saturated heterocycles. The number of aromatic nitrogens is 1. The first kappa shape index (κ1) is 10.4. The summed E-state index contributed by atoms with van der Waals surface area (Å²) < 4.78 is 0. The Morgan fingerprint density at radius 2 is 2.38 bits per heavy atom. The van der Waals surface area contributed by atoms with Crippen molar-refractivity contribution >= 4 is 11.3 Å². The Morgan fingerprint density at radius 3 is 2.85 bits per heavy atom. The summed E-state index contributed by atoms with van der Waals surface area (Å²) in [4.78, 5) is 4.31. The predicted molar refractivity (Wildman–Crippen MR) is 55.9 cm³/mol. The van der Waals surface area contributed by atoms with Crippen LogP contribution in [0.1, 0.15) is 37.6 Å². The quantitative estimate of drug-likeness (QED) is 0.756. The second-order valence-electron chi connectivity index (χ2n) is 3.21. The lowest BCUT2D eigenvalue weighted by molar-refractivity contribution is 0.223. The molecule has 1 rings (SSSR count). The molecule has 0 aliphatic carbocycles. The highest BCUT2D eigenvalue weighted by Crippen LogP contribution is 2.19. The van der Waals surface area contributed by atoms with Crippen LogP contribution in [0.5, 0.6) is 0 Å². The van der Waals surface area contributed by atoms with E-state index in [4.69, 9.17) is 0 Å². The fraction of sp³-hybridized carbons (Fsp3) is 0.500. The fourth-order valence-corrected chi connectivity index (χ4v) is 1.80. The normalized spacial score (nSPS) is 12.6. The molecule has 0 saturated carbocycles. The van der Waals surface area contributed by atoms with E-state index in [0.717, 1.165) is 22.7 Å². The SMILES string of the molecule is CCc1nc(C(O)C=C(C)C)cs1. The van der Waals surface area contributed by atoms with Gasteiger partial charge in [0.1, 0.15) is 6.10 Å². The highest BCUT2D eigenvalue weighted by Gasteiger charge is 2.07. The summed E-state index contributed by atoms with van der Waals surface area (Å²) in [5, 5.41) is 12.7. The van der Waals surface area contributed by atoms with Crippen LogP contribution < -0.4 is 0 Å². The highest BCUT2D eigenvalue weighted by molar-refractivity contribution is 7.09. The number of allylic oxidation sites excluding steroid dienone is 1. The number of hydrogen-bond donors (Lipinski definition) is 1. The molecule has 0 radical (unpaired) electrons. The fourth-order valence-electron chi connectivity index (χ4n) is 1.02. The topological polar surface area (TPSA) is 33.1 Å². The Bertz CT molecular complexity index is 300. The Kier molecular flexibility index (Phi) is 3.63. The van der Waals surface area contributed by atoms with Crippen LogP contribution in [0.25, 0.3) is 0 Å². The van der Waals surface area contributed by atoms with Crippen molar-refractivity contribution in [3.8, 4) is 0 Å². The van der Waals surface area contributed by atoms with Crippen LogP contribution in [0.3, 0.4) is 0 Å². The molecule has 1 heterocycles. The van der Waals surface area contributed by atoms with Gasteiger partial charge in [0.15, 0.2) is 0 Å². The molecule has 1 atom stereocenters. The Hall–Kier alpha value is -0.670. The lowest BCUT2D eigenvalue weighted by Crippen LogP contribution is -1.94. The summed E-state index contributed by atoms with van der Waals surface area (Å²) in [7, 11) is 0. The van der Waals surface area contributed by atoms with E-state index in [0.29, 0.717) is 0 Å². The van der Waals surface area contributed by atoms with Crippen molar-refractivity contribution in [1.29, 1.82) is 0 Å². The summed E-state index contributed by atoms with van der Waals surface area (Å²) in [6.45, 7) is 6.00. The van der Waals surface area contributed by atoms with Crippen molar-refractivity contribution in [2.45, 2.75) is 33.3 Å². The van der Waals surface area contributed by atoms with Gasteiger partial charge < -0.3 is 5.11 Å². The van der Waals surface area contributed by atoms with E-state index in [-0.39, 0.29) is 0 Å². The minimum absolute atomic E-state index is 0.540. The van der Waals surface area contributed by atoms with Crippen molar-refractivity contribution in [2.75, 3.05) is 0 Å². The molecular formula is C10H15NOS. The van der Waals surface area contributed by atoms with Gasteiger partial charge in [0.2, 0.25) is 0 Å². The molecule has 0 bridgehead atoms. The zero-order valence-electron chi connectivity index (χ0n) is 8.24. The molecule has 1 N–H and O–H groups in total. The van der Waals surface area contributed by atoms with E-state index in [9.17, 15) is 5.11 Å². The van der Waals surface area contributed by atoms with Crippen LogP contribution in [-0.4, -0.2) is 10.1 Å². The molecule has 0 spiro atoms. The van der Waals surface area contributed by atoms with E-state index < -0.39 is 6.10 Å². The summed E-state index contributed by atoms with van der Waals surface area (Å²) in [6, 6.07) is 0. The molecule has 72 valence electrons. The first-order chi connectivity index (χ1) is 6.13. The molecule has 0 aromatic carbocycles. The zero-order chi connectivity index (χ0) is 9.84. The Balaban J connectivity index is 2.77. The third-order valence-electron chi connectivity index (χ3n) is 1.67. The van der Waals surface area contributed by atoms with Gasteiger partial charge in [-0.1, -0.05) is 18.6 Å². The molecule has 0 aliphatic heterocycles. The van der Waals surface area contributed by atoms with Gasteiger partial charge in [0.25, 0.3) is 0 Å². The van der Waals surface area contributed by atoms with Crippen molar-refractivity contribution in [3.63, 3.8) is 0 Å². The maximum Gasteiger partial charge on any atom is 0.115 e. The zero-order valence-corrected chi connectivity index (χ0v) is 9.06. The van der Waals surface area contributed by atoms with Gasteiger partial charge in [-0.15, -0.1) is 11.3 Å². The van der Waals surface area contributed by atoms with E-state index in [1.807, 2.05) is 25.3 Å². The number of nitrogens with zero attached hydrogens (tertiary/aromatic N) is 1. The average molecular weight is 197 g/mol. The van der Waals surface area contributed by atoms with Gasteiger partial charge in [-0.25, -0.2) is 4.98 Å². The summed E-state index contributed by atoms with van der Waals surface area (Å²) in [6.07, 6.45) is 2.21. The van der Waals surface area contributed by atoms with Crippen molar-refractivity contribution < 1.29 is 5.11 Å². The van der Waals surface area contributed by atoms with Gasteiger partial charge in [0.05, 0.1) is 10.7 Å². The van der Waals surface area contributed by atoms with Crippen molar-refractivity contribution in [3.05, 3.63) is 27.7 Å². The van der Waals surface area contributed by atoms with Crippen LogP contribution in [0.15, 0.2) is 17.0 Å². The van der Waals surface area contributed by atoms with Crippen molar-refractivity contribution in [1.82, 2.24) is 4.98 Å². The minimum atomic E-state index is -0.540. The average Bonchev–Trinajstić information content (AvgIpc) is 2.50. The molecule has 1 aromatic heterocycles. The molecule has 0 fully saturated rings. The van der Waals surface area contributed by atoms with E-state index in [1.54, 1.807) is 11.3 Å². The van der Waals surface area contributed by atoms with E-state index >= 15 is 0 Å². The van der Waals surface area contributed by atoms with E-state index in [1.165, 1.54) is 0 Å². The first-order valence-corrected chi connectivity index (χ1v) is 5.28. The summed E-state index contributed by atoms with van der Waals surface area (Å²) in [5.41, 5.74) is 1.88. The predicted octanol–water partition coefficient (Wildman–Crippen LogP) is 2.71. The van der Waals surface area contributed by atoms with Crippen LogP contribution in [0, 0.1) is 0 Å². The molecule has 3 heteroatoms. The van der Waals surface area contributed by atoms with Crippen molar-refractivity contribution in [2.24, 2.45) is 0 Å². The molecule has 1 unspecified atom stereocenters. The standard InChI is InChI=1S/C10H15NOS/c1-4-10-11-8(6-13-10)9(12)5-7(2)3/h5-6,9,12H,4H2,1-3H3. The molecule has 13 heavy (non-hydrogen) atoms. The number of thiazole rings is 1. The first-order valence-electron chi connectivity index (χ1n) is 4.41. The maximum atomic E-state index is 9.67. The molecule has 1 aromatic rings. The lowest BCUT2D eigenvalue weighted by Gasteiger charge is -2.01. The molecule has 0 amide bonds. The smallest absolute Gasteiger partial charge is 0.115 e. The maximum absolute atomic E-state index is 9.67. The number of hydrogen-bond acceptors (Lipinski definition) is 3. The number of rotatable bonds is 3. The van der Waals surface area contributed by atoms with Gasteiger partial charge in [-0.2, -0.15) is 0 Å². The van der Waals surface area contributed by atoms with Crippen LogP contribution in [-0.2, 0) is 6.42 Å². The van der Waals surface area contributed by atoms with Crippen LogP contribution in [0.4, 0.5) is 0 Å². The largest absolute Gasteiger partial charge is 0.383 e. The second kappa shape index (κ2) is 4.53. The van der Waals surface area contributed by atoms with Crippen LogP contribution in [0.2, 0.25) is 0 Å². The third-order valence-corrected chi connectivity index (χ3v) is 2.68. The Morgan fingerprint density at radius 1 is 1.69 bits per heavy atom. The second-order valence-corrected chi connectivity index (χ2v) is 4.15. The van der Waals surface area contributed by atoms with Gasteiger partial charge in [0, 0.05) is 5.38 Å². The summed E-state index contributed by atoms with van der Waals surface area (Å²) in [5.74, 6) is 0.